The first-order valence-electron chi connectivity index (χ1n) is 5.82. The molecule has 16 heavy (non-hydrogen) atoms. The lowest BCUT2D eigenvalue weighted by atomic mass is 10.2. The van der Waals surface area contributed by atoms with Gasteiger partial charge in [-0.15, -0.1) is 0 Å². The van der Waals surface area contributed by atoms with E-state index in [1.165, 1.54) is 19.3 Å². The van der Waals surface area contributed by atoms with Gasteiger partial charge in [0.25, 0.3) is 0 Å². The van der Waals surface area contributed by atoms with E-state index in [-0.39, 0.29) is 5.91 Å². The van der Waals surface area contributed by atoms with E-state index in [1.807, 2.05) is 24.3 Å². The Morgan fingerprint density at radius 3 is 2.38 bits per heavy atom. The summed E-state index contributed by atoms with van der Waals surface area (Å²) in [7, 11) is 0. The number of hydrogen-bond donors (Lipinski definition) is 1. The van der Waals surface area contributed by atoms with E-state index in [0.29, 0.717) is 6.42 Å². The van der Waals surface area contributed by atoms with Gasteiger partial charge in [0.15, 0.2) is 0 Å². The Bertz CT molecular complexity index is 320. The topological polar surface area (TPSA) is 38.3 Å². The number of amides is 1. The Kier molecular flexibility index (Phi) is 3.94. The molecule has 86 valence electrons. The maximum absolute atomic E-state index is 10.8. The first-order valence-corrected chi connectivity index (χ1v) is 5.82. The van der Waals surface area contributed by atoms with Crippen molar-refractivity contribution in [3.05, 3.63) is 29.8 Å². The largest absolute Gasteiger partial charge is 0.381 e. The molecule has 1 fully saturated rings. The first-order chi connectivity index (χ1) is 7.86. The summed E-state index contributed by atoms with van der Waals surface area (Å²) in [6.45, 7) is 2.00. The molecule has 3 nitrogen and oxygen atoms in total. The number of ether oxygens (including phenoxy) is 1. The average Bonchev–Trinajstić information content (AvgIpc) is 2.72. The maximum atomic E-state index is 10.8. The number of rotatable bonds is 0. The van der Waals surface area contributed by atoms with Crippen molar-refractivity contribution in [1.82, 2.24) is 0 Å². The van der Waals surface area contributed by atoms with Crippen LogP contribution in [0.5, 0.6) is 0 Å². The van der Waals surface area contributed by atoms with Gasteiger partial charge in [0.2, 0.25) is 5.91 Å². The van der Waals surface area contributed by atoms with Crippen LogP contribution in [0.1, 0.15) is 24.8 Å². The number of nitrogens with one attached hydrogen (secondary N) is 1. The van der Waals surface area contributed by atoms with Crippen molar-refractivity contribution in [2.75, 3.05) is 18.5 Å². The van der Waals surface area contributed by atoms with E-state index in [9.17, 15) is 4.79 Å². The number of para-hydroxylation sites is 1. The molecule has 1 saturated heterocycles. The molecule has 0 radical (unpaired) electrons. The zero-order valence-corrected chi connectivity index (χ0v) is 9.37. The molecule has 1 amide bonds. The van der Waals surface area contributed by atoms with E-state index in [2.05, 4.69) is 5.32 Å². The van der Waals surface area contributed by atoms with Crippen LogP contribution in [0.15, 0.2) is 24.3 Å². The van der Waals surface area contributed by atoms with Crippen molar-refractivity contribution in [2.24, 2.45) is 0 Å². The van der Waals surface area contributed by atoms with Gasteiger partial charge in [0.1, 0.15) is 0 Å². The van der Waals surface area contributed by atoms with E-state index in [4.69, 9.17) is 4.74 Å². The molecule has 0 spiro atoms. The predicted octanol–water partition coefficient (Wildman–Crippen LogP) is 2.37. The van der Waals surface area contributed by atoms with E-state index < -0.39 is 0 Å². The van der Waals surface area contributed by atoms with Crippen molar-refractivity contribution >= 4 is 11.6 Å². The summed E-state index contributed by atoms with van der Waals surface area (Å²) in [5, 5.41) is 2.76. The fourth-order valence-corrected chi connectivity index (χ4v) is 1.85. The molecule has 0 unspecified atom stereocenters. The van der Waals surface area contributed by atoms with Crippen molar-refractivity contribution in [3.63, 3.8) is 0 Å². The smallest absolute Gasteiger partial charge is 0.228 e. The number of carbonyl (C=O) groups excluding carboxylic acids is 1. The zero-order chi connectivity index (χ0) is 11.2. The second kappa shape index (κ2) is 5.66. The van der Waals surface area contributed by atoms with Crippen LogP contribution in [0.3, 0.4) is 0 Å². The Hall–Kier alpha value is -1.35. The van der Waals surface area contributed by atoms with Crippen molar-refractivity contribution < 1.29 is 9.53 Å². The lowest BCUT2D eigenvalue weighted by molar-refractivity contribution is -0.115. The molecule has 0 saturated carbocycles. The van der Waals surface area contributed by atoms with Gasteiger partial charge < -0.3 is 10.1 Å². The minimum Gasteiger partial charge on any atom is -0.381 e. The van der Waals surface area contributed by atoms with Crippen LogP contribution >= 0.6 is 0 Å². The minimum absolute atomic E-state index is 0.0983. The second-order valence-electron chi connectivity index (χ2n) is 4.06. The summed E-state index contributed by atoms with van der Waals surface area (Å²) in [5.74, 6) is 0.0983. The molecule has 0 bridgehead atoms. The summed E-state index contributed by atoms with van der Waals surface area (Å²) in [4.78, 5) is 10.8. The fraction of sp³-hybridized carbons (Fsp3) is 0.462. The third-order valence-corrected chi connectivity index (χ3v) is 2.72. The summed E-state index contributed by atoms with van der Waals surface area (Å²) in [5.41, 5.74) is 2.07. The Labute approximate surface area is 95.8 Å². The number of benzene rings is 1. The van der Waals surface area contributed by atoms with Crippen LogP contribution in [-0.2, 0) is 16.0 Å². The minimum atomic E-state index is 0.0983. The highest BCUT2D eigenvalue weighted by Gasteiger charge is 2.15. The lowest BCUT2D eigenvalue weighted by Crippen LogP contribution is -2.03. The first kappa shape index (κ1) is 11.1. The molecule has 0 atom stereocenters. The fourth-order valence-electron chi connectivity index (χ4n) is 1.85. The highest BCUT2D eigenvalue weighted by Crippen LogP contribution is 2.20. The standard InChI is InChI=1S/C8H7NO.C5H10O/c10-8-5-6-3-1-2-4-7(6)9-8;1-2-4-6-5-3-1/h1-4H,5H2,(H,9,10);1-5H2. The summed E-state index contributed by atoms with van der Waals surface area (Å²) in [6, 6.07) is 7.75. The van der Waals surface area contributed by atoms with Crippen molar-refractivity contribution in [2.45, 2.75) is 25.7 Å². The molecular formula is C13H17NO2. The van der Waals surface area contributed by atoms with Gasteiger partial charge in [0.05, 0.1) is 6.42 Å². The number of anilines is 1. The molecule has 3 rings (SSSR count). The van der Waals surface area contributed by atoms with Gasteiger partial charge in [-0.25, -0.2) is 0 Å². The molecule has 3 heteroatoms. The molecule has 2 aliphatic rings. The van der Waals surface area contributed by atoms with Gasteiger partial charge >= 0.3 is 0 Å². The van der Waals surface area contributed by atoms with Crippen molar-refractivity contribution in [3.8, 4) is 0 Å². The Balaban J connectivity index is 0.000000138. The SMILES string of the molecule is C1CCOCC1.O=C1Cc2ccccc2N1. The molecule has 2 heterocycles. The van der Waals surface area contributed by atoms with Gasteiger partial charge in [0, 0.05) is 18.9 Å². The van der Waals surface area contributed by atoms with E-state index >= 15 is 0 Å². The molecule has 0 aromatic heterocycles. The summed E-state index contributed by atoms with van der Waals surface area (Å²) >= 11 is 0. The van der Waals surface area contributed by atoms with Gasteiger partial charge in [-0.3, -0.25) is 4.79 Å². The average molecular weight is 219 g/mol. The molecule has 1 aromatic carbocycles. The number of hydrogen-bond acceptors (Lipinski definition) is 2. The third-order valence-electron chi connectivity index (χ3n) is 2.72. The molecule has 0 aliphatic carbocycles. The zero-order valence-electron chi connectivity index (χ0n) is 9.37. The molecular weight excluding hydrogens is 202 g/mol. The summed E-state index contributed by atoms with van der Waals surface area (Å²) in [6.07, 6.45) is 4.47. The highest BCUT2D eigenvalue weighted by molar-refractivity contribution is 5.98. The van der Waals surface area contributed by atoms with Gasteiger partial charge in [-0.05, 0) is 30.9 Å². The van der Waals surface area contributed by atoms with Crippen LogP contribution in [0.4, 0.5) is 5.69 Å². The lowest BCUT2D eigenvalue weighted by Gasteiger charge is -2.08. The number of carbonyl (C=O) groups is 1. The van der Waals surface area contributed by atoms with Crippen LogP contribution in [-0.4, -0.2) is 19.1 Å². The van der Waals surface area contributed by atoms with Crippen LogP contribution < -0.4 is 5.32 Å². The number of fused-ring (bicyclic) bond motifs is 1. The van der Waals surface area contributed by atoms with E-state index in [1.54, 1.807) is 0 Å². The van der Waals surface area contributed by atoms with E-state index in [0.717, 1.165) is 24.5 Å². The molecule has 1 N–H and O–H groups in total. The molecule has 1 aromatic rings. The summed E-state index contributed by atoms with van der Waals surface area (Å²) < 4.78 is 5.07. The van der Waals surface area contributed by atoms with Crippen LogP contribution in [0.2, 0.25) is 0 Å². The molecule has 2 aliphatic heterocycles. The van der Waals surface area contributed by atoms with Crippen molar-refractivity contribution in [1.29, 1.82) is 0 Å². The highest BCUT2D eigenvalue weighted by atomic mass is 16.5. The second-order valence-corrected chi connectivity index (χ2v) is 4.06. The van der Waals surface area contributed by atoms with Gasteiger partial charge in [-0.1, -0.05) is 18.2 Å². The van der Waals surface area contributed by atoms with Crippen LogP contribution in [0, 0.1) is 0 Å². The predicted molar refractivity (Wildman–Crippen MR) is 63.4 cm³/mol. The maximum Gasteiger partial charge on any atom is 0.228 e. The van der Waals surface area contributed by atoms with Crippen LogP contribution in [0.25, 0.3) is 0 Å². The quantitative estimate of drug-likeness (QED) is 0.727. The normalized spacial score (nSPS) is 18.1. The van der Waals surface area contributed by atoms with Gasteiger partial charge in [-0.2, -0.15) is 0 Å². The monoisotopic (exact) mass is 219 g/mol. The third kappa shape index (κ3) is 3.07. The Morgan fingerprint density at radius 1 is 1.06 bits per heavy atom. The Morgan fingerprint density at radius 2 is 1.81 bits per heavy atom.